The van der Waals surface area contributed by atoms with Crippen LogP contribution in [0.15, 0.2) is 54.7 Å². The molecule has 1 heterocycles. The van der Waals surface area contributed by atoms with Gasteiger partial charge in [-0.1, -0.05) is 45.0 Å². The Labute approximate surface area is 203 Å². The maximum Gasteiger partial charge on any atom is 0.315 e. The molecule has 0 spiro atoms. The molecule has 9 heteroatoms. The monoisotopic (exact) mass is 487 g/mol. The number of nitrogens with zero attached hydrogens (tertiary/aromatic N) is 3. The molecular weight excluding hydrogens is 455 g/mol. The Morgan fingerprint density at radius 1 is 1.11 bits per heavy atom. The number of primary amides is 1. The molecule has 3 rings (SSSR count). The summed E-state index contributed by atoms with van der Waals surface area (Å²) in [6.07, 6.45) is 1.97. The maximum atomic E-state index is 14.0. The van der Waals surface area contributed by atoms with E-state index in [0.717, 1.165) is 0 Å². The number of carbonyl (C=O) groups excluding carboxylic acids is 1. The van der Waals surface area contributed by atoms with Crippen LogP contribution in [0.5, 0.6) is 0 Å². The molecule has 0 radical (unpaired) electrons. The van der Waals surface area contributed by atoms with Crippen LogP contribution >= 0.6 is 0 Å². The highest BCUT2D eigenvalue weighted by Gasteiger charge is 2.37. The number of alkyl halides is 1. The van der Waals surface area contributed by atoms with Crippen molar-refractivity contribution in [2.24, 2.45) is 16.9 Å². The van der Waals surface area contributed by atoms with Gasteiger partial charge in [0.05, 0.1) is 11.7 Å². The van der Waals surface area contributed by atoms with E-state index in [1.54, 1.807) is 30.5 Å². The Bertz CT molecular complexity index is 1160. The molecule has 3 aromatic rings. The van der Waals surface area contributed by atoms with Crippen LogP contribution in [-0.4, -0.2) is 39.7 Å². The summed E-state index contributed by atoms with van der Waals surface area (Å²) < 4.78 is 42.7. The summed E-state index contributed by atoms with van der Waals surface area (Å²) in [7, 11) is 0. The summed E-state index contributed by atoms with van der Waals surface area (Å²) in [6, 6.07) is 10.2. The number of carbonyl (C=O) groups is 1. The van der Waals surface area contributed by atoms with Crippen LogP contribution in [0.3, 0.4) is 0 Å². The second-order valence-corrected chi connectivity index (χ2v) is 9.76. The molecule has 0 aliphatic rings. The topological polar surface area (TPSA) is 90.2 Å². The molecule has 188 valence electrons. The van der Waals surface area contributed by atoms with Gasteiger partial charge in [-0.25, -0.2) is 22.9 Å². The van der Waals surface area contributed by atoms with Crippen LogP contribution in [0.1, 0.15) is 44.6 Å². The molecule has 2 aromatic carbocycles. The third-order valence-electron chi connectivity index (χ3n) is 5.77. The van der Waals surface area contributed by atoms with Gasteiger partial charge in [-0.2, -0.15) is 0 Å². The molecule has 0 aliphatic heterocycles. The number of amides is 2. The second kappa shape index (κ2) is 10.9. The molecule has 35 heavy (non-hydrogen) atoms. The molecule has 6 nitrogen and oxygen atoms in total. The summed E-state index contributed by atoms with van der Waals surface area (Å²) in [5.74, 6) is -0.287. The molecular formula is C26H32F3N5O. The quantitative estimate of drug-likeness (QED) is 0.444. The largest absolute Gasteiger partial charge is 0.351 e. The number of benzene rings is 2. The smallest absolute Gasteiger partial charge is 0.315 e. The molecule has 0 aliphatic carbocycles. The zero-order valence-corrected chi connectivity index (χ0v) is 20.2. The summed E-state index contributed by atoms with van der Waals surface area (Å²) in [5, 5.41) is 0. The van der Waals surface area contributed by atoms with Crippen molar-refractivity contribution in [1.82, 2.24) is 14.5 Å². The van der Waals surface area contributed by atoms with Crippen LogP contribution < -0.4 is 11.5 Å². The van der Waals surface area contributed by atoms with Gasteiger partial charge in [0.1, 0.15) is 24.1 Å². The summed E-state index contributed by atoms with van der Waals surface area (Å²) in [5.41, 5.74) is 12.7. The Morgan fingerprint density at radius 2 is 1.77 bits per heavy atom. The van der Waals surface area contributed by atoms with Gasteiger partial charge in [-0.05, 0) is 41.7 Å². The average Bonchev–Trinajstić information content (AvgIpc) is 3.18. The Balaban J connectivity index is 2.14. The van der Waals surface area contributed by atoms with Crippen LogP contribution in [-0.2, 0) is 6.54 Å². The van der Waals surface area contributed by atoms with E-state index in [1.807, 2.05) is 25.3 Å². The van der Waals surface area contributed by atoms with Crippen molar-refractivity contribution in [3.05, 3.63) is 77.8 Å². The number of urea groups is 1. The highest BCUT2D eigenvalue weighted by Crippen LogP contribution is 2.39. The molecule has 2 atom stereocenters. The lowest BCUT2D eigenvalue weighted by Gasteiger charge is -2.39. The van der Waals surface area contributed by atoms with E-state index in [2.05, 4.69) is 0 Å². The van der Waals surface area contributed by atoms with Gasteiger partial charge in [-0.3, -0.25) is 0 Å². The minimum Gasteiger partial charge on any atom is -0.351 e. The van der Waals surface area contributed by atoms with Gasteiger partial charge in [0, 0.05) is 30.9 Å². The molecule has 2 amide bonds. The first kappa shape index (κ1) is 26.3. The van der Waals surface area contributed by atoms with E-state index < -0.39 is 36.0 Å². The molecule has 0 fully saturated rings. The lowest BCUT2D eigenvalue weighted by molar-refractivity contribution is 0.111. The van der Waals surface area contributed by atoms with Crippen molar-refractivity contribution < 1.29 is 18.0 Å². The number of nitrogens with two attached hydrogens (primary N) is 2. The molecule has 0 saturated heterocycles. The number of aromatic nitrogens is 2. The van der Waals surface area contributed by atoms with Gasteiger partial charge in [0.2, 0.25) is 0 Å². The van der Waals surface area contributed by atoms with Crippen molar-refractivity contribution in [2.75, 3.05) is 13.2 Å². The highest BCUT2D eigenvalue weighted by atomic mass is 19.1. The fourth-order valence-corrected chi connectivity index (χ4v) is 4.14. The number of hydrogen-bond acceptors (Lipinski definition) is 3. The average molecular weight is 488 g/mol. The van der Waals surface area contributed by atoms with Gasteiger partial charge in [-0.15, -0.1) is 0 Å². The van der Waals surface area contributed by atoms with Gasteiger partial charge in [0.15, 0.2) is 0 Å². The first-order valence-corrected chi connectivity index (χ1v) is 11.4. The van der Waals surface area contributed by atoms with E-state index in [1.165, 1.54) is 29.2 Å². The first-order valence-electron chi connectivity index (χ1n) is 11.4. The third-order valence-corrected chi connectivity index (χ3v) is 5.77. The van der Waals surface area contributed by atoms with Crippen LogP contribution in [0.2, 0.25) is 0 Å². The number of imidazole rings is 1. The Kier molecular flexibility index (Phi) is 8.22. The molecule has 4 N–H and O–H groups in total. The molecule has 1 aromatic heterocycles. The molecule has 0 bridgehead atoms. The highest BCUT2D eigenvalue weighted by molar-refractivity contribution is 5.72. The number of rotatable bonds is 9. The van der Waals surface area contributed by atoms with Crippen LogP contribution in [0.4, 0.5) is 18.0 Å². The molecule has 2 unspecified atom stereocenters. The lowest BCUT2D eigenvalue weighted by Crippen LogP contribution is -2.46. The zero-order chi connectivity index (χ0) is 25.8. The molecule has 0 saturated carbocycles. The van der Waals surface area contributed by atoms with Crippen molar-refractivity contribution in [1.29, 1.82) is 0 Å². The SMILES string of the molecule is CC(C)(C)C(c1nc(-c2cccc(F)c2)cn1Cc1cccc(F)c1)N(CCC(N)CF)C(N)=O. The van der Waals surface area contributed by atoms with Crippen LogP contribution in [0, 0.1) is 17.0 Å². The summed E-state index contributed by atoms with van der Waals surface area (Å²) >= 11 is 0. The number of halogens is 3. The van der Waals surface area contributed by atoms with E-state index in [4.69, 9.17) is 16.5 Å². The van der Waals surface area contributed by atoms with Crippen molar-refractivity contribution in [2.45, 2.75) is 45.8 Å². The number of hydrogen-bond donors (Lipinski definition) is 2. The minimum atomic E-state index is -0.729. The maximum absolute atomic E-state index is 14.0. The zero-order valence-electron chi connectivity index (χ0n) is 20.2. The second-order valence-electron chi connectivity index (χ2n) is 9.76. The van der Waals surface area contributed by atoms with E-state index in [-0.39, 0.29) is 25.3 Å². The van der Waals surface area contributed by atoms with Crippen molar-refractivity contribution in [3.8, 4) is 11.3 Å². The Hall–Kier alpha value is -3.33. The van der Waals surface area contributed by atoms with Gasteiger partial charge >= 0.3 is 6.03 Å². The fraction of sp³-hybridized carbons (Fsp3) is 0.385. The standard InChI is InChI=1S/C26H32F3N5O/c1-26(2,3)23(34(25(31)35)11-10-21(30)14-27)24-32-22(18-7-5-9-20(29)13-18)16-33(24)15-17-6-4-8-19(28)12-17/h4-9,12-13,16,21,23H,10-11,14-15,30H2,1-3H3,(H2,31,35). The predicted molar refractivity (Wildman–Crippen MR) is 130 cm³/mol. The van der Waals surface area contributed by atoms with Crippen molar-refractivity contribution >= 4 is 6.03 Å². The first-order chi connectivity index (χ1) is 16.5. The minimum absolute atomic E-state index is 0.129. The normalized spacial score (nSPS) is 13.5. The summed E-state index contributed by atoms with van der Waals surface area (Å²) in [4.78, 5) is 18.8. The predicted octanol–water partition coefficient (Wildman–Crippen LogP) is 5.03. The summed E-state index contributed by atoms with van der Waals surface area (Å²) in [6.45, 7) is 5.48. The third kappa shape index (κ3) is 6.63. The fourth-order valence-electron chi connectivity index (χ4n) is 4.14. The Morgan fingerprint density at radius 3 is 2.34 bits per heavy atom. The van der Waals surface area contributed by atoms with E-state index in [0.29, 0.717) is 22.6 Å². The van der Waals surface area contributed by atoms with E-state index >= 15 is 0 Å². The van der Waals surface area contributed by atoms with Gasteiger partial charge < -0.3 is 20.9 Å². The van der Waals surface area contributed by atoms with Crippen molar-refractivity contribution in [3.63, 3.8) is 0 Å². The van der Waals surface area contributed by atoms with E-state index in [9.17, 15) is 18.0 Å². The van der Waals surface area contributed by atoms with Gasteiger partial charge in [0.25, 0.3) is 0 Å². The lowest BCUT2D eigenvalue weighted by atomic mass is 9.84. The van der Waals surface area contributed by atoms with Crippen LogP contribution in [0.25, 0.3) is 11.3 Å².